The molecule has 0 spiro atoms. The molecule has 1 aliphatic carbocycles. The highest BCUT2D eigenvalue weighted by Crippen LogP contribution is 2.12. The fourth-order valence-electron chi connectivity index (χ4n) is 0.634. The number of carbonyl (C=O) groups excluding carboxylic acids is 1. The third kappa shape index (κ3) is 2.02. The number of allylic oxidation sites excluding steroid dienone is 2. The maximum absolute atomic E-state index is 11.2. The Balaban J connectivity index is 3.45. The monoisotopic (exact) mass is 157 g/mol. The Bertz CT molecular complexity index is 401. The maximum atomic E-state index is 11.2. The lowest BCUT2D eigenvalue weighted by Gasteiger charge is -2.12. The van der Waals surface area contributed by atoms with Crippen LogP contribution < -0.4 is 0 Å². The molecule has 0 radical (unpaired) electrons. The van der Waals surface area contributed by atoms with Gasteiger partial charge in [-0.25, -0.2) is 0 Å². The number of Topliss-reactive ketones (excluding diaryl/α,β-unsaturated/α-hetero) is 1. The second-order valence-corrected chi connectivity index (χ2v) is 2.04. The number of methoxy groups -OCH3 is 1. The van der Waals surface area contributed by atoms with E-state index >= 15 is 0 Å². The summed E-state index contributed by atoms with van der Waals surface area (Å²) in [4.78, 5) is 11.2. The van der Waals surface area contributed by atoms with Gasteiger partial charge in [0, 0.05) is 14.1 Å². The molecule has 2 atom stereocenters. The van der Waals surface area contributed by atoms with Crippen molar-refractivity contribution in [3.05, 3.63) is 23.7 Å². The lowest BCUT2D eigenvalue weighted by atomic mass is 10.0. The third-order valence-corrected chi connectivity index (χ3v) is 1.23. The molecule has 0 N–H and O–H groups in total. The van der Waals surface area contributed by atoms with E-state index in [-0.39, 0.29) is 5.57 Å². The average Bonchev–Trinajstić information content (AvgIpc) is 2.23. The fourth-order valence-corrected chi connectivity index (χ4v) is 0.634. The van der Waals surface area contributed by atoms with Crippen LogP contribution in [0.2, 0.25) is 0 Å². The maximum Gasteiger partial charge on any atom is 0.159 e. The van der Waals surface area contributed by atoms with Crippen molar-refractivity contribution in [1.29, 1.82) is 0 Å². The number of rotatable bonds is 2. The Kier molecular flexibility index (Phi) is 1.16. The molecule has 1 aliphatic rings. The fraction of sp³-hybridized carbons (Fsp3) is 0.444. The molecule has 1 rings (SSSR count). The van der Waals surface area contributed by atoms with Crippen LogP contribution in [-0.4, -0.2) is 19.0 Å². The van der Waals surface area contributed by atoms with Crippen molar-refractivity contribution >= 4 is 5.78 Å². The molecule has 60 valence electrons. The molecule has 0 heterocycles. The zero-order chi connectivity index (χ0) is 12.7. The summed E-state index contributed by atoms with van der Waals surface area (Å²) in [6.45, 7) is 1.17. The van der Waals surface area contributed by atoms with Crippen LogP contribution in [-0.2, 0) is 9.53 Å². The van der Waals surface area contributed by atoms with Gasteiger partial charge in [-0.3, -0.25) is 4.79 Å². The van der Waals surface area contributed by atoms with Crippen LogP contribution in [0.1, 0.15) is 20.2 Å². The number of ether oxygens (including phenoxy) is 1. The summed E-state index contributed by atoms with van der Waals surface area (Å²) in [5.74, 6) is -0.546. The predicted molar refractivity (Wildman–Crippen MR) is 43.3 cm³/mol. The molecule has 0 saturated carbocycles. The first kappa shape index (κ1) is 3.68. The predicted octanol–water partition coefficient (Wildman–Crippen LogP) is 1.48. The Hall–Kier alpha value is -0.890. The van der Waals surface area contributed by atoms with Crippen molar-refractivity contribution in [2.24, 2.45) is 0 Å². The summed E-state index contributed by atoms with van der Waals surface area (Å²) in [5.41, 5.74) is -0.273. The first-order valence-corrected chi connectivity index (χ1v) is 3.14. The van der Waals surface area contributed by atoms with E-state index in [1.807, 2.05) is 0 Å². The van der Waals surface area contributed by atoms with Gasteiger partial charge >= 0.3 is 0 Å². The SMILES string of the molecule is [2H]C1=C([2H])C([2H])(OC)C([2H])C([2H])=C1C(C)=O. The Morgan fingerprint density at radius 3 is 3.36 bits per heavy atom. The van der Waals surface area contributed by atoms with E-state index in [9.17, 15) is 4.79 Å². The summed E-state index contributed by atoms with van der Waals surface area (Å²) in [5, 5.41) is 0. The van der Waals surface area contributed by atoms with Gasteiger partial charge in [-0.1, -0.05) is 18.2 Å². The standard InChI is InChI=1S/C9H12O2/c1-7(10)8-3-5-9(11-2)6-4-8/h3-5,9H,6H2,1-2H3/i3D,4D,5D,6D,9D. The molecule has 0 amide bonds. The van der Waals surface area contributed by atoms with Gasteiger partial charge in [-0.05, 0) is 13.3 Å². The second-order valence-electron chi connectivity index (χ2n) is 2.04. The van der Waals surface area contributed by atoms with E-state index in [1.165, 1.54) is 6.92 Å². The van der Waals surface area contributed by atoms with Gasteiger partial charge in [0.1, 0.15) is 0 Å². The van der Waals surface area contributed by atoms with Gasteiger partial charge in [-0.15, -0.1) is 0 Å². The van der Waals surface area contributed by atoms with Gasteiger partial charge in [0.2, 0.25) is 0 Å². The van der Waals surface area contributed by atoms with Gasteiger partial charge < -0.3 is 4.74 Å². The molecule has 0 aromatic rings. The lowest BCUT2D eigenvalue weighted by molar-refractivity contribution is -0.113. The van der Waals surface area contributed by atoms with Crippen LogP contribution in [0.3, 0.4) is 0 Å². The average molecular weight is 157 g/mol. The van der Waals surface area contributed by atoms with Gasteiger partial charge in [0.15, 0.2) is 5.78 Å². The summed E-state index contributed by atoms with van der Waals surface area (Å²) >= 11 is 0. The number of hydrogen-bond acceptors (Lipinski definition) is 2. The highest BCUT2D eigenvalue weighted by atomic mass is 16.5. The minimum atomic E-state index is -2.08. The number of carbonyl (C=O) groups is 1. The third-order valence-electron chi connectivity index (χ3n) is 1.23. The first-order chi connectivity index (χ1) is 7.27. The summed E-state index contributed by atoms with van der Waals surface area (Å²) in [7, 11) is 1.14. The smallest absolute Gasteiger partial charge is 0.159 e. The quantitative estimate of drug-likeness (QED) is 0.607. The minimum absolute atomic E-state index is 0.273. The zero-order valence-electron chi connectivity index (χ0n) is 11.4. The molecule has 0 fully saturated rings. The Labute approximate surface area is 73.6 Å². The highest BCUT2D eigenvalue weighted by Gasteiger charge is 2.08. The molecular weight excluding hydrogens is 140 g/mol. The van der Waals surface area contributed by atoms with E-state index in [4.69, 9.17) is 11.6 Å². The van der Waals surface area contributed by atoms with Crippen LogP contribution in [0.25, 0.3) is 0 Å². The van der Waals surface area contributed by atoms with E-state index in [0.29, 0.717) is 0 Å². The summed E-state index contributed by atoms with van der Waals surface area (Å²) in [6.07, 6.45) is -3.56. The van der Waals surface area contributed by atoms with Gasteiger partial charge in [0.05, 0.1) is 11.6 Å². The van der Waals surface area contributed by atoms with Crippen molar-refractivity contribution in [2.75, 3.05) is 7.11 Å². The molecule has 0 aromatic heterocycles. The van der Waals surface area contributed by atoms with Crippen molar-refractivity contribution in [1.82, 2.24) is 0 Å². The molecule has 0 aliphatic heterocycles. The van der Waals surface area contributed by atoms with Crippen molar-refractivity contribution in [3.63, 3.8) is 0 Å². The molecule has 0 bridgehead atoms. The van der Waals surface area contributed by atoms with Gasteiger partial charge in [-0.2, -0.15) is 0 Å². The van der Waals surface area contributed by atoms with E-state index < -0.39 is 36.4 Å². The van der Waals surface area contributed by atoms with Crippen LogP contribution in [0.4, 0.5) is 0 Å². The molecule has 2 nitrogen and oxygen atoms in total. The molecule has 2 heteroatoms. The second kappa shape index (κ2) is 3.49. The van der Waals surface area contributed by atoms with Crippen LogP contribution >= 0.6 is 0 Å². The number of ketones is 1. The normalized spacial score (nSPS) is 45.6. The zero-order valence-corrected chi connectivity index (χ0v) is 6.39. The van der Waals surface area contributed by atoms with Crippen LogP contribution in [0.15, 0.2) is 23.7 Å². The van der Waals surface area contributed by atoms with Crippen molar-refractivity contribution < 1.29 is 16.4 Å². The first-order valence-electron chi connectivity index (χ1n) is 5.72. The Morgan fingerprint density at radius 1 is 2.09 bits per heavy atom. The minimum Gasteiger partial charge on any atom is -0.377 e. The molecule has 2 unspecified atom stereocenters. The van der Waals surface area contributed by atoms with Crippen molar-refractivity contribution in [3.8, 4) is 0 Å². The van der Waals surface area contributed by atoms with Gasteiger partial charge in [0.25, 0.3) is 0 Å². The molecule has 0 saturated heterocycles. The van der Waals surface area contributed by atoms with Crippen LogP contribution in [0, 0.1) is 0 Å². The summed E-state index contributed by atoms with van der Waals surface area (Å²) < 4.78 is 42.8. The largest absolute Gasteiger partial charge is 0.377 e. The topological polar surface area (TPSA) is 26.3 Å². The number of hydrogen-bond donors (Lipinski definition) is 0. The molecule has 11 heavy (non-hydrogen) atoms. The molecule has 0 aromatic carbocycles. The summed E-state index contributed by atoms with van der Waals surface area (Å²) in [6, 6.07) is -1.50. The van der Waals surface area contributed by atoms with E-state index in [1.54, 1.807) is 0 Å². The lowest BCUT2D eigenvalue weighted by Crippen LogP contribution is -2.10. The van der Waals surface area contributed by atoms with E-state index in [0.717, 1.165) is 7.11 Å². The molecular formula is C9H12O2. The van der Waals surface area contributed by atoms with Crippen molar-refractivity contribution in [2.45, 2.75) is 19.4 Å². The Morgan fingerprint density at radius 2 is 2.82 bits per heavy atom. The van der Waals surface area contributed by atoms with E-state index in [2.05, 4.69) is 0 Å². The highest BCUT2D eigenvalue weighted by molar-refractivity contribution is 5.96. The van der Waals surface area contributed by atoms with Crippen LogP contribution in [0.5, 0.6) is 0 Å².